The number of anilines is 1. The first-order valence-corrected chi connectivity index (χ1v) is 8.95. The Morgan fingerprint density at radius 3 is 2.59 bits per heavy atom. The van der Waals surface area contributed by atoms with Gasteiger partial charge in [-0.15, -0.1) is 6.58 Å². The second-order valence-electron chi connectivity index (χ2n) is 6.19. The summed E-state index contributed by atoms with van der Waals surface area (Å²) in [5, 5.41) is 3.92. The molecule has 0 radical (unpaired) electrons. The van der Waals surface area contributed by atoms with Gasteiger partial charge in [-0.3, -0.25) is 9.59 Å². The Kier molecular flexibility index (Phi) is 6.19. The average molecular weight is 394 g/mol. The fraction of sp³-hybridized carbons (Fsp3) is 0.182. The zero-order chi connectivity index (χ0) is 20.8. The van der Waals surface area contributed by atoms with E-state index in [9.17, 15) is 9.59 Å². The van der Waals surface area contributed by atoms with Gasteiger partial charge in [0.05, 0.1) is 19.6 Å². The number of carbonyl (C=O) groups is 1. The number of ether oxygens (including phenoxy) is 3. The van der Waals surface area contributed by atoms with Gasteiger partial charge in [0.2, 0.25) is 0 Å². The van der Waals surface area contributed by atoms with Gasteiger partial charge in [0.1, 0.15) is 5.75 Å². The van der Waals surface area contributed by atoms with Crippen molar-refractivity contribution in [2.45, 2.75) is 6.54 Å². The normalized spacial score (nSPS) is 10.4. The third-order valence-electron chi connectivity index (χ3n) is 4.33. The first-order valence-electron chi connectivity index (χ1n) is 8.95. The number of hydrogen-bond acceptors (Lipinski definition) is 5. The smallest absolute Gasteiger partial charge is 0.262 e. The van der Waals surface area contributed by atoms with Crippen molar-refractivity contribution in [3.8, 4) is 17.2 Å². The van der Waals surface area contributed by atoms with E-state index in [0.717, 1.165) is 0 Å². The number of allylic oxidation sites excluding steroid dienone is 1. The number of fused-ring (bicyclic) bond motifs is 1. The van der Waals surface area contributed by atoms with Gasteiger partial charge in [0.25, 0.3) is 11.5 Å². The number of methoxy groups -OCH3 is 2. The molecule has 0 spiro atoms. The highest BCUT2D eigenvalue weighted by molar-refractivity contribution is 5.93. The minimum atomic E-state index is -0.339. The topological polar surface area (TPSA) is 78.8 Å². The number of pyridine rings is 1. The summed E-state index contributed by atoms with van der Waals surface area (Å²) in [6.45, 7) is 3.87. The summed E-state index contributed by atoms with van der Waals surface area (Å²) in [5.41, 5.74) is 0.420. The predicted octanol–water partition coefficient (Wildman–Crippen LogP) is 3.22. The first kappa shape index (κ1) is 20.0. The summed E-state index contributed by atoms with van der Waals surface area (Å²) < 4.78 is 17.6. The van der Waals surface area contributed by atoms with E-state index in [-0.39, 0.29) is 18.1 Å². The van der Waals surface area contributed by atoms with Crippen molar-refractivity contribution in [1.29, 1.82) is 0 Å². The molecule has 2 aromatic carbocycles. The van der Waals surface area contributed by atoms with E-state index in [4.69, 9.17) is 14.2 Å². The summed E-state index contributed by atoms with van der Waals surface area (Å²) in [5.74, 6) is 1.21. The zero-order valence-electron chi connectivity index (χ0n) is 16.3. The van der Waals surface area contributed by atoms with E-state index in [1.54, 1.807) is 66.4 Å². The Bertz CT molecular complexity index is 1100. The van der Waals surface area contributed by atoms with Gasteiger partial charge in [-0.25, -0.2) is 0 Å². The lowest BCUT2D eigenvalue weighted by atomic mass is 10.1. The largest absolute Gasteiger partial charge is 0.493 e. The number of aromatic nitrogens is 1. The summed E-state index contributed by atoms with van der Waals surface area (Å²) in [7, 11) is 3.07. The second-order valence-corrected chi connectivity index (χ2v) is 6.19. The van der Waals surface area contributed by atoms with Crippen LogP contribution in [0.4, 0.5) is 5.69 Å². The minimum Gasteiger partial charge on any atom is -0.493 e. The van der Waals surface area contributed by atoms with Crippen molar-refractivity contribution >= 4 is 22.4 Å². The molecule has 7 heteroatoms. The Morgan fingerprint density at radius 2 is 1.86 bits per heavy atom. The maximum absolute atomic E-state index is 12.5. The number of amides is 1. The Hall–Kier alpha value is -3.74. The Labute approximate surface area is 168 Å². The van der Waals surface area contributed by atoms with Crippen LogP contribution >= 0.6 is 0 Å². The van der Waals surface area contributed by atoms with Crippen LogP contribution in [0, 0.1) is 0 Å². The number of carbonyl (C=O) groups excluding carboxylic acids is 1. The number of hydrogen-bond donors (Lipinski definition) is 1. The highest BCUT2D eigenvalue weighted by atomic mass is 16.5. The van der Waals surface area contributed by atoms with Crippen molar-refractivity contribution in [2.75, 3.05) is 26.1 Å². The van der Waals surface area contributed by atoms with Crippen LogP contribution in [-0.4, -0.2) is 31.3 Å². The summed E-state index contributed by atoms with van der Waals surface area (Å²) >= 11 is 0. The number of nitrogens with one attached hydrogen (secondary N) is 1. The first-order chi connectivity index (χ1) is 14.1. The Balaban J connectivity index is 1.73. The van der Waals surface area contributed by atoms with E-state index in [1.807, 2.05) is 0 Å². The molecule has 0 saturated carbocycles. The van der Waals surface area contributed by atoms with Crippen LogP contribution in [-0.2, 0) is 11.3 Å². The number of rotatable bonds is 8. The third kappa shape index (κ3) is 4.40. The molecule has 0 bridgehead atoms. The zero-order valence-corrected chi connectivity index (χ0v) is 16.3. The lowest BCUT2D eigenvalue weighted by Crippen LogP contribution is -2.21. The van der Waals surface area contributed by atoms with Crippen molar-refractivity contribution in [2.24, 2.45) is 0 Å². The molecule has 1 heterocycles. The Morgan fingerprint density at radius 1 is 1.07 bits per heavy atom. The predicted molar refractivity (Wildman–Crippen MR) is 112 cm³/mol. The highest BCUT2D eigenvalue weighted by Gasteiger charge is 2.11. The van der Waals surface area contributed by atoms with E-state index in [2.05, 4.69) is 11.9 Å². The van der Waals surface area contributed by atoms with Crippen LogP contribution in [0.1, 0.15) is 0 Å². The maximum atomic E-state index is 12.5. The molecule has 0 aliphatic heterocycles. The fourth-order valence-electron chi connectivity index (χ4n) is 2.95. The second kappa shape index (κ2) is 8.97. The molecule has 1 aromatic heterocycles. The molecule has 0 atom stereocenters. The number of nitrogens with zero attached hydrogens (tertiary/aromatic N) is 1. The molecule has 29 heavy (non-hydrogen) atoms. The van der Waals surface area contributed by atoms with Gasteiger partial charge in [-0.2, -0.15) is 0 Å². The van der Waals surface area contributed by atoms with Gasteiger partial charge >= 0.3 is 0 Å². The molecule has 0 saturated heterocycles. The molecule has 0 fully saturated rings. The summed E-state index contributed by atoms with van der Waals surface area (Å²) in [6, 6.07) is 12.0. The van der Waals surface area contributed by atoms with E-state index in [0.29, 0.717) is 40.3 Å². The summed E-state index contributed by atoms with van der Waals surface area (Å²) in [6.07, 6.45) is 3.34. The van der Waals surface area contributed by atoms with Crippen LogP contribution < -0.4 is 25.1 Å². The van der Waals surface area contributed by atoms with Gasteiger partial charge in [-0.05, 0) is 30.3 Å². The highest BCUT2D eigenvalue weighted by Crippen LogP contribution is 2.29. The summed E-state index contributed by atoms with van der Waals surface area (Å²) in [4.78, 5) is 24.8. The quantitative estimate of drug-likeness (QED) is 0.594. The van der Waals surface area contributed by atoms with Crippen molar-refractivity contribution in [1.82, 2.24) is 4.57 Å². The molecule has 0 aliphatic carbocycles. The number of benzene rings is 2. The SMILES string of the molecule is C=CCn1ccc2c(OCC(=O)Nc3ccc(OC)c(OC)c3)cccc2c1=O. The molecule has 3 aromatic rings. The van der Waals surface area contributed by atoms with E-state index in [1.165, 1.54) is 7.11 Å². The van der Waals surface area contributed by atoms with E-state index >= 15 is 0 Å². The monoisotopic (exact) mass is 394 g/mol. The molecule has 150 valence electrons. The average Bonchev–Trinajstić information content (AvgIpc) is 2.74. The molecule has 1 N–H and O–H groups in total. The third-order valence-corrected chi connectivity index (χ3v) is 4.33. The molecular weight excluding hydrogens is 372 g/mol. The minimum absolute atomic E-state index is 0.136. The van der Waals surface area contributed by atoms with E-state index < -0.39 is 0 Å². The van der Waals surface area contributed by atoms with Gasteiger partial charge in [0.15, 0.2) is 18.1 Å². The lowest BCUT2D eigenvalue weighted by molar-refractivity contribution is -0.118. The van der Waals surface area contributed by atoms with Gasteiger partial charge in [0, 0.05) is 29.9 Å². The molecule has 7 nitrogen and oxygen atoms in total. The van der Waals surface area contributed by atoms with Crippen LogP contribution in [0.15, 0.2) is 66.1 Å². The van der Waals surface area contributed by atoms with Crippen molar-refractivity contribution in [3.05, 3.63) is 71.7 Å². The van der Waals surface area contributed by atoms with Gasteiger partial charge < -0.3 is 24.1 Å². The molecular formula is C22H22N2O5. The lowest BCUT2D eigenvalue weighted by Gasteiger charge is -2.12. The fourth-order valence-corrected chi connectivity index (χ4v) is 2.95. The molecule has 0 aliphatic rings. The molecule has 3 rings (SSSR count). The van der Waals surface area contributed by atoms with Crippen LogP contribution in [0.5, 0.6) is 17.2 Å². The standard InChI is InChI=1S/C22H22N2O5/c1-4-11-24-12-10-16-17(22(24)26)6-5-7-18(16)29-14-21(25)23-15-8-9-19(27-2)20(13-15)28-3/h4-10,12-13H,1,11,14H2,2-3H3,(H,23,25). The van der Waals surface area contributed by atoms with Crippen molar-refractivity contribution < 1.29 is 19.0 Å². The van der Waals surface area contributed by atoms with Crippen LogP contribution in [0.3, 0.4) is 0 Å². The van der Waals surface area contributed by atoms with Gasteiger partial charge in [-0.1, -0.05) is 12.1 Å². The van der Waals surface area contributed by atoms with Crippen molar-refractivity contribution in [3.63, 3.8) is 0 Å². The molecule has 0 unspecified atom stereocenters. The molecule has 1 amide bonds. The maximum Gasteiger partial charge on any atom is 0.262 e. The van der Waals surface area contributed by atoms with Crippen LogP contribution in [0.25, 0.3) is 10.8 Å². The van der Waals surface area contributed by atoms with Crippen LogP contribution in [0.2, 0.25) is 0 Å².